The van der Waals surface area contributed by atoms with Gasteiger partial charge in [-0.2, -0.15) is 0 Å². The number of aliphatic carboxylic acids is 1. The fourth-order valence-corrected chi connectivity index (χ4v) is 2.19. The van der Waals surface area contributed by atoms with Gasteiger partial charge in [-0.15, -0.1) is 0 Å². The molecule has 1 aromatic rings. The number of urea groups is 1. The summed E-state index contributed by atoms with van der Waals surface area (Å²) in [6, 6.07) is 7.20. The monoisotopic (exact) mass is 317 g/mol. The van der Waals surface area contributed by atoms with Gasteiger partial charge in [0, 0.05) is 33.3 Å². The number of amides is 2. The summed E-state index contributed by atoms with van der Waals surface area (Å²) in [5, 5.41) is 8.93. The summed E-state index contributed by atoms with van der Waals surface area (Å²) < 4.78 is 5.10. The van der Waals surface area contributed by atoms with E-state index in [0.717, 1.165) is 11.3 Å². The number of hydrogen-bond donors (Lipinski definition) is 1. The number of carboxylic acids is 1. The third-order valence-electron chi connectivity index (χ3n) is 3.57. The van der Waals surface area contributed by atoms with Gasteiger partial charge in [-0.3, -0.25) is 4.90 Å². The fourth-order valence-electron chi connectivity index (χ4n) is 2.19. The van der Waals surface area contributed by atoms with Crippen LogP contribution in [-0.4, -0.2) is 53.9 Å². The molecule has 0 aliphatic carbocycles. The lowest BCUT2D eigenvalue weighted by Gasteiger charge is -2.25. The largest absolute Gasteiger partial charge is 0.497 e. The van der Waals surface area contributed by atoms with Crippen molar-refractivity contribution >= 4 is 17.8 Å². The second-order valence-corrected chi connectivity index (χ2v) is 5.23. The normalized spacial score (nSPS) is 13.2. The maximum Gasteiger partial charge on any atom is 0.333 e. The summed E-state index contributed by atoms with van der Waals surface area (Å²) in [7, 11) is 4.87. The number of ether oxygens (including phenoxy) is 1. The van der Waals surface area contributed by atoms with E-state index in [0.29, 0.717) is 12.4 Å². The Balaban J connectivity index is 1.95. The van der Waals surface area contributed by atoms with Crippen molar-refractivity contribution in [2.75, 3.05) is 21.2 Å². The van der Waals surface area contributed by atoms with E-state index < -0.39 is 5.97 Å². The molecule has 0 atom stereocenters. The maximum absolute atomic E-state index is 12.4. The van der Waals surface area contributed by atoms with Gasteiger partial charge in [-0.05, 0) is 17.7 Å². The summed E-state index contributed by atoms with van der Waals surface area (Å²) in [5.41, 5.74) is 1.14. The third-order valence-corrected chi connectivity index (χ3v) is 3.57. The predicted octanol–water partition coefficient (Wildman–Crippen LogP) is 1.95. The van der Waals surface area contributed by atoms with Crippen molar-refractivity contribution in [3.05, 3.63) is 41.6 Å². The van der Waals surface area contributed by atoms with Gasteiger partial charge in [-0.25, -0.2) is 14.6 Å². The molecular formula is C16H19N3O4. The van der Waals surface area contributed by atoms with E-state index in [1.165, 1.54) is 11.1 Å². The molecule has 0 bridgehead atoms. The van der Waals surface area contributed by atoms with Crippen LogP contribution in [0, 0.1) is 0 Å². The van der Waals surface area contributed by atoms with Crippen LogP contribution < -0.4 is 4.74 Å². The zero-order chi connectivity index (χ0) is 17.0. The van der Waals surface area contributed by atoms with E-state index >= 15 is 0 Å². The third kappa shape index (κ3) is 3.88. The molecule has 1 aromatic carbocycles. The number of benzene rings is 1. The van der Waals surface area contributed by atoms with Crippen LogP contribution >= 0.6 is 0 Å². The van der Waals surface area contributed by atoms with Gasteiger partial charge in [0.05, 0.1) is 12.7 Å². The number of hydrogen-bond acceptors (Lipinski definition) is 4. The minimum atomic E-state index is -1.02. The van der Waals surface area contributed by atoms with Gasteiger partial charge in [0.2, 0.25) is 0 Å². The highest BCUT2D eigenvalue weighted by Crippen LogP contribution is 2.16. The minimum absolute atomic E-state index is 0.147. The zero-order valence-corrected chi connectivity index (χ0v) is 13.3. The van der Waals surface area contributed by atoms with Crippen molar-refractivity contribution in [2.24, 2.45) is 4.99 Å². The number of carbonyl (C=O) groups is 2. The smallest absolute Gasteiger partial charge is 0.333 e. The Hall–Kier alpha value is -2.83. The molecular weight excluding hydrogens is 298 g/mol. The topological polar surface area (TPSA) is 82.4 Å². The number of carbonyl (C=O) groups excluding carboxylic acids is 1. The van der Waals surface area contributed by atoms with Gasteiger partial charge >= 0.3 is 12.0 Å². The summed E-state index contributed by atoms with van der Waals surface area (Å²) >= 11 is 0. The fraction of sp³-hybridized carbons (Fsp3) is 0.312. The van der Waals surface area contributed by atoms with Gasteiger partial charge in [0.1, 0.15) is 11.6 Å². The molecule has 0 radical (unpaired) electrons. The van der Waals surface area contributed by atoms with Crippen LogP contribution in [0.4, 0.5) is 4.79 Å². The van der Waals surface area contributed by atoms with E-state index in [9.17, 15) is 9.59 Å². The molecule has 7 nitrogen and oxygen atoms in total. The molecule has 122 valence electrons. The molecule has 2 amide bonds. The van der Waals surface area contributed by atoms with Crippen LogP contribution in [0.5, 0.6) is 5.75 Å². The number of rotatable bonds is 4. The van der Waals surface area contributed by atoms with Crippen LogP contribution in [0.25, 0.3) is 0 Å². The number of aliphatic imine (C=N–C) groups is 1. The number of methoxy groups -OCH3 is 1. The summed E-state index contributed by atoms with van der Waals surface area (Å²) in [4.78, 5) is 30.2. The Morgan fingerprint density at radius 2 is 1.91 bits per heavy atom. The van der Waals surface area contributed by atoms with Gasteiger partial charge in [-0.1, -0.05) is 12.1 Å². The molecule has 1 aliphatic rings. The Labute approximate surface area is 134 Å². The van der Waals surface area contributed by atoms with Crippen LogP contribution in [0.3, 0.4) is 0 Å². The van der Waals surface area contributed by atoms with E-state index in [2.05, 4.69) is 4.99 Å². The van der Waals surface area contributed by atoms with E-state index in [-0.39, 0.29) is 18.0 Å². The average molecular weight is 317 g/mol. The second kappa shape index (κ2) is 6.95. The van der Waals surface area contributed by atoms with Gasteiger partial charge < -0.3 is 14.7 Å². The second-order valence-electron chi connectivity index (χ2n) is 5.23. The molecule has 1 aliphatic heterocycles. The van der Waals surface area contributed by atoms with Gasteiger partial charge in [0.15, 0.2) is 0 Å². The zero-order valence-electron chi connectivity index (χ0n) is 13.3. The highest BCUT2D eigenvalue weighted by atomic mass is 16.5. The first-order valence-corrected chi connectivity index (χ1v) is 7.03. The van der Waals surface area contributed by atoms with Gasteiger partial charge in [0.25, 0.3) is 0 Å². The van der Waals surface area contributed by atoms with Crippen molar-refractivity contribution in [2.45, 2.75) is 13.0 Å². The molecule has 0 unspecified atom stereocenters. The van der Waals surface area contributed by atoms with Crippen molar-refractivity contribution in [1.82, 2.24) is 9.80 Å². The maximum atomic E-state index is 12.4. The lowest BCUT2D eigenvalue weighted by molar-refractivity contribution is -0.132. The van der Waals surface area contributed by atoms with Crippen LogP contribution in [0.2, 0.25) is 0 Å². The lowest BCUT2D eigenvalue weighted by atomic mass is 10.2. The van der Waals surface area contributed by atoms with Crippen molar-refractivity contribution < 1.29 is 19.4 Å². The minimum Gasteiger partial charge on any atom is -0.497 e. The summed E-state index contributed by atoms with van der Waals surface area (Å²) in [6.07, 6.45) is 1.43. The lowest BCUT2D eigenvalue weighted by Crippen LogP contribution is -2.41. The van der Waals surface area contributed by atoms with Crippen molar-refractivity contribution in [3.8, 4) is 5.75 Å². The molecule has 23 heavy (non-hydrogen) atoms. The van der Waals surface area contributed by atoms with Crippen LogP contribution in [0.1, 0.15) is 12.0 Å². The first-order valence-electron chi connectivity index (χ1n) is 7.03. The summed E-state index contributed by atoms with van der Waals surface area (Å²) in [6.45, 7) is 0.430. The summed E-state index contributed by atoms with van der Waals surface area (Å²) in [5.74, 6) is 0.164. The number of nitrogens with zero attached hydrogens (tertiary/aromatic N) is 3. The number of carboxylic acid groups (broad SMARTS) is 1. The van der Waals surface area contributed by atoms with Crippen LogP contribution in [-0.2, 0) is 11.3 Å². The Morgan fingerprint density at radius 1 is 1.26 bits per heavy atom. The SMILES string of the molecule is COc1ccc(CN(C)C(=O)N(C)C2=NC=C(C(=O)O)C2)cc1. The quantitative estimate of drug-likeness (QED) is 0.920. The van der Waals surface area contributed by atoms with E-state index in [1.54, 1.807) is 26.1 Å². The van der Waals surface area contributed by atoms with Crippen LogP contribution in [0.15, 0.2) is 41.0 Å². The number of amidine groups is 1. The first-order chi connectivity index (χ1) is 10.9. The van der Waals surface area contributed by atoms with E-state index in [4.69, 9.17) is 9.84 Å². The standard InChI is InChI=1S/C16H19N3O4/c1-18(10-11-4-6-13(23-3)7-5-11)16(22)19(2)14-8-12(9-17-14)15(20)21/h4-7,9H,8,10H2,1-3H3,(H,20,21). The molecule has 7 heteroatoms. The molecule has 0 aromatic heterocycles. The van der Waals surface area contributed by atoms with E-state index in [1.807, 2.05) is 24.3 Å². The Morgan fingerprint density at radius 3 is 2.43 bits per heavy atom. The first kappa shape index (κ1) is 16.5. The molecule has 1 N–H and O–H groups in total. The Bertz CT molecular complexity index is 664. The average Bonchev–Trinajstić information content (AvgIpc) is 3.04. The Kier molecular flexibility index (Phi) is 5.00. The molecule has 2 rings (SSSR count). The van der Waals surface area contributed by atoms with Crippen molar-refractivity contribution in [1.29, 1.82) is 0 Å². The molecule has 0 spiro atoms. The molecule has 0 saturated carbocycles. The highest BCUT2D eigenvalue weighted by molar-refractivity contribution is 6.04. The molecule has 0 saturated heterocycles. The molecule has 0 fully saturated rings. The molecule has 1 heterocycles. The predicted molar refractivity (Wildman–Crippen MR) is 85.4 cm³/mol. The highest BCUT2D eigenvalue weighted by Gasteiger charge is 2.24. The van der Waals surface area contributed by atoms with Crippen molar-refractivity contribution in [3.63, 3.8) is 0 Å².